The van der Waals surface area contributed by atoms with Crippen LogP contribution in [0.3, 0.4) is 0 Å². The van der Waals surface area contributed by atoms with Crippen molar-refractivity contribution < 1.29 is 9.84 Å². The van der Waals surface area contributed by atoms with E-state index in [1.807, 2.05) is 24.7 Å². The van der Waals surface area contributed by atoms with Gasteiger partial charge in [-0.2, -0.15) is 5.10 Å². The fourth-order valence-corrected chi connectivity index (χ4v) is 2.78. The van der Waals surface area contributed by atoms with E-state index in [-0.39, 0.29) is 0 Å². The zero-order valence-corrected chi connectivity index (χ0v) is 12.0. The standard InChI is InChI=1S/C13H19N3O2S/c1-16(8-11(17)9-18-2)7-10-6-14-15-13(10)12-4-3-5-19-12/h3-6,11,17H,7-9H2,1-2H3,(H,14,15). The number of hydrogen-bond acceptors (Lipinski definition) is 5. The highest BCUT2D eigenvalue weighted by molar-refractivity contribution is 7.13. The fraction of sp³-hybridized carbons (Fsp3) is 0.462. The van der Waals surface area contributed by atoms with Gasteiger partial charge < -0.3 is 9.84 Å². The Kier molecular flexibility index (Phi) is 5.09. The summed E-state index contributed by atoms with van der Waals surface area (Å²) in [7, 11) is 3.57. The van der Waals surface area contributed by atoms with Crippen molar-refractivity contribution in [2.24, 2.45) is 0 Å². The minimum absolute atomic E-state index is 0.355. The predicted octanol–water partition coefficient (Wildman–Crippen LogP) is 1.58. The van der Waals surface area contributed by atoms with E-state index in [2.05, 4.69) is 21.2 Å². The average Bonchev–Trinajstić information content (AvgIpc) is 2.98. The van der Waals surface area contributed by atoms with Crippen molar-refractivity contribution in [3.63, 3.8) is 0 Å². The highest BCUT2D eigenvalue weighted by Crippen LogP contribution is 2.26. The molecule has 6 heteroatoms. The lowest BCUT2D eigenvalue weighted by molar-refractivity contribution is 0.0419. The van der Waals surface area contributed by atoms with Gasteiger partial charge in [0.25, 0.3) is 0 Å². The van der Waals surface area contributed by atoms with Crippen LogP contribution in [-0.4, -0.2) is 53.6 Å². The minimum Gasteiger partial charge on any atom is -0.389 e. The first-order valence-corrected chi connectivity index (χ1v) is 7.00. The molecule has 0 fully saturated rings. The smallest absolute Gasteiger partial charge is 0.0900 e. The quantitative estimate of drug-likeness (QED) is 0.809. The fourth-order valence-electron chi connectivity index (χ4n) is 2.03. The third-order valence-electron chi connectivity index (χ3n) is 2.81. The van der Waals surface area contributed by atoms with Crippen LogP contribution >= 0.6 is 11.3 Å². The summed E-state index contributed by atoms with van der Waals surface area (Å²) in [5.41, 5.74) is 2.19. The maximum Gasteiger partial charge on any atom is 0.0900 e. The maximum atomic E-state index is 9.71. The normalized spacial score (nSPS) is 13.1. The summed E-state index contributed by atoms with van der Waals surface area (Å²) >= 11 is 1.68. The van der Waals surface area contributed by atoms with Gasteiger partial charge in [0, 0.05) is 25.8 Å². The topological polar surface area (TPSA) is 61.4 Å². The number of nitrogens with zero attached hydrogens (tertiary/aromatic N) is 2. The Labute approximate surface area is 116 Å². The number of likely N-dealkylation sites (N-methyl/N-ethyl adjacent to an activating group) is 1. The number of aromatic nitrogens is 2. The largest absolute Gasteiger partial charge is 0.389 e. The van der Waals surface area contributed by atoms with E-state index in [9.17, 15) is 5.11 Å². The summed E-state index contributed by atoms with van der Waals surface area (Å²) in [6.45, 7) is 1.67. The summed E-state index contributed by atoms with van der Waals surface area (Å²) in [6.07, 6.45) is 1.38. The summed E-state index contributed by atoms with van der Waals surface area (Å²) in [5, 5.41) is 18.9. The molecule has 0 bridgehead atoms. The number of nitrogens with one attached hydrogen (secondary N) is 1. The van der Waals surface area contributed by atoms with Gasteiger partial charge in [0.05, 0.1) is 29.5 Å². The van der Waals surface area contributed by atoms with Gasteiger partial charge in [0.2, 0.25) is 0 Å². The van der Waals surface area contributed by atoms with Crippen molar-refractivity contribution in [1.82, 2.24) is 15.1 Å². The van der Waals surface area contributed by atoms with Gasteiger partial charge in [-0.15, -0.1) is 11.3 Å². The van der Waals surface area contributed by atoms with Crippen LogP contribution in [-0.2, 0) is 11.3 Å². The van der Waals surface area contributed by atoms with E-state index in [1.165, 1.54) is 4.88 Å². The molecule has 2 heterocycles. The second-order valence-electron chi connectivity index (χ2n) is 4.55. The van der Waals surface area contributed by atoms with Gasteiger partial charge in [0.1, 0.15) is 0 Å². The molecule has 0 saturated heterocycles. The van der Waals surface area contributed by atoms with Crippen LogP contribution < -0.4 is 0 Å². The van der Waals surface area contributed by atoms with Crippen molar-refractivity contribution in [1.29, 1.82) is 0 Å². The van der Waals surface area contributed by atoms with Crippen molar-refractivity contribution in [2.75, 3.05) is 27.3 Å². The zero-order valence-electron chi connectivity index (χ0n) is 11.2. The van der Waals surface area contributed by atoms with E-state index in [0.29, 0.717) is 13.2 Å². The zero-order chi connectivity index (χ0) is 13.7. The molecular weight excluding hydrogens is 262 g/mol. The first-order valence-electron chi connectivity index (χ1n) is 6.12. The Morgan fingerprint density at radius 2 is 2.42 bits per heavy atom. The molecular formula is C13H19N3O2S. The van der Waals surface area contributed by atoms with Crippen LogP contribution in [0.5, 0.6) is 0 Å². The molecule has 0 amide bonds. The number of hydrogen-bond donors (Lipinski definition) is 2. The third kappa shape index (κ3) is 3.87. The number of methoxy groups -OCH3 is 1. The molecule has 1 unspecified atom stereocenters. The molecule has 5 nitrogen and oxygen atoms in total. The molecule has 19 heavy (non-hydrogen) atoms. The van der Waals surface area contributed by atoms with Crippen LogP contribution in [0.4, 0.5) is 0 Å². The molecule has 0 aliphatic heterocycles. The average molecular weight is 281 g/mol. The Morgan fingerprint density at radius 1 is 1.58 bits per heavy atom. The second-order valence-corrected chi connectivity index (χ2v) is 5.50. The molecule has 1 atom stereocenters. The number of aliphatic hydroxyl groups excluding tert-OH is 1. The first kappa shape index (κ1) is 14.2. The van der Waals surface area contributed by atoms with Gasteiger partial charge in [-0.05, 0) is 18.5 Å². The van der Waals surface area contributed by atoms with Crippen LogP contribution in [0.15, 0.2) is 23.7 Å². The van der Waals surface area contributed by atoms with Crippen LogP contribution in [0.1, 0.15) is 5.56 Å². The van der Waals surface area contributed by atoms with Crippen molar-refractivity contribution in [3.8, 4) is 10.6 Å². The highest BCUT2D eigenvalue weighted by atomic mass is 32.1. The molecule has 0 aliphatic rings. The van der Waals surface area contributed by atoms with E-state index in [1.54, 1.807) is 18.4 Å². The Balaban J connectivity index is 1.98. The molecule has 104 valence electrons. The number of ether oxygens (including phenoxy) is 1. The molecule has 2 rings (SSSR count). The van der Waals surface area contributed by atoms with E-state index in [0.717, 1.165) is 17.8 Å². The summed E-state index contributed by atoms with van der Waals surface area (Å²) in [4.78, 5) is 3.24. The van der Waals surface area contributed by atoms with Crippen LogP contribution in [0.2, 0.25) is 0 Å². The van der Waals surface area contributed by atoms with Crippen molar-refractivity contribution in [2.45, 2.75) is 12.6 Å². The highest BCUT2D eigenvalue weighted by Gasteiger charge is 2.13. The minimum atomic E-state index is -0.466. The molecule has 0 aromatic carbocycles. The number of thiophene rings is 1. The Hall–Kier alpha value is -1.21. The lowest BCUT2D eigenvalue weighted by Gasteiger charge is -2.19. The Bertz CT molecular complexity index is 484. The number of rotatable bonds is 7. The van der Waals surface area contributed by atoms with Gasteiger partial charge in [-0.25, -0.2) is 0 Å². The van der Waals surface area contributed by atoms with E-state index < -0.39 is 6.10 Å². The molecule has 2 aromatic rings. The summed E-state index contributed by atoms with van der Waals surface area (Å²) in [6, 6.07) is 4.10. The van der Waals surface area contributed by atoms with Gasteiger partial charge >= 0.3 is 0 Å². The van der Waals surface area contributed by atoms with Crippen LogP contribution in [0, 0.1) is 0 Å². The predicted molar refractivity (Wildman–Crippen MR) is 76.1 cm³/mol. The summed E-state index contributed by atoms with van der Waals surface area (Å²) in [5.74, 6) is 0. The molecule has 2 aromatic heterocycles. The van der Waals surface area contributed by atoms with Crippen LogP contribution in [0.25, 0.3) is 10.6 Å². The van der Waals surface area contributed by atoms with Gasteiger partial charge in [-0.3, -0.25) is 10.00 Å². The SMILES string of the molecule is COCC(O)CN(C)Cc1cn[nH]c1-c1cccs1. The van der Waals surface area contributed by atoms with Gasteiger partial charge in [-0.1, -0.05) is 6.07 Å². The Morgan fingerprint density at radius 3 is 3.11 bits per heavy atom. The van der Waals surface area contributed by atoms with E-state index in [4.69, 9.17) is 4.74 Å². The molecule has 0 radical (unpaired) electrons. The molecule has 2 N–H and O–H groups in total. The number of aromatic amines is 1. The number of aliphatic hydroxyl groups is 1. The molecule has 0 aliphatic carbocycles. The lowest BCUT2D eigenvalue weighted by atomic mass is 10.2. The maximum absolute atomic E-state index is 9.71. The first-order chi connectivity index (χ1) is 9.20. The molecule has 0 saturated carbocycles. The second kappa shape index (κ2) is 6.81. The van der Waals surface area contributed by atoms with Crippen molar-refractivity contribution >= 4 is 11.3 Å². The van der Waals surface area contributed by atoms with Gasteiger partial charge in [0.15, 0.2) is 0 Å². The lowest BCUT2D eigenvalue weighted by Crippen LogP contribution is -2.31. The number of H-pyrrole nitrogens is 1. The summed E-state index contributed by atoms with van der Waals surface area (Å²) < 4.78 is 4.93. The molecule has 0 spiro atoms. The van der Waals surface area contributed by atoms with E-state index >= 15 is 0 Å². The monoisotopic (exact) mass is 281 g/mol. The van der Waals surface area contributed by atoms with Crippen molar-refractivity contribution in [3.05, 3.63) is 29.3 Å². The third-order valence-corrected chi connectivity index (χ3v) is 3.69.